The van der Waals surface area contributed by atoms with Crippen LogP contribution in [0, 0.1) is 3.57 Å². The van der Waals surface area contributed by atoms with Crippen LogP contribution in [-0.2, 0) is 0 Å². The Morgan fingerprint density at radius 3 is 3.07 bits per heavy atom. The third-order valence-corrected chi connectivity index (χ3v) is 3.25. The summed E-state index contributed by atoms with van der Waals surface area (Å²) in [4.78, 5) is 4.40. The van der Waals surface area contributed by atoms with Crippen molar-refractivity contribution in [2.24, 2.45) is 0 Å². The third-order valence-electron chi connectivity index (χ3n) is 2.38. The van der Waals surface area contributed by atoms with Crippen LogP contribution >= 0.6 is 22.6 Å². The quantitative estimate of drug-likeness (QED) is 0.755. The molecule has 0 amide bonds. The minimum absolute atomic E-state index is 1.08. The topological polar surface area (TPSA) is 24.9 Å². The van der Waals surface area contributed by atoms with Gasteiger partial charge in [-0.05, 0) is 52.4 Å². The van der Waals surface area contributed by atoms with E-state index in [2.05, 4.69) is 51.1 Å². The predicted molar refractivity (Wildman–Crippen MR) is 67.1 cm³/mol. The van der Waals surface area contributed by atoms with Gasteiger partial charge in [-0.3, -0.25) is 4.98 Å². The normalized spacial score (nSPS) is 12.9. The first-order valence-corrected chi connectivity index (χ1v) is 5.44. The lowest BCUT2D eigenvalue weighted by molar-refractivity contribution is 1.38. The predicted octanol–water partition coefficient (Wildman–Crippen LogP) is 3.24. The zero-order valence-electron chi connectivity index (χ0n) is 7.29. The van der Waals surface area contributed by atoms with Crippen LogP contribution < -0.4 is 5.32 Å². The molecule has 0 aliphatic carbocycles. The summed E-state index contributed by atoms with van der Waals surface area (Å²) in [5.41, 5.74) is 3.46. The minimum Gasteiger partial charge on any atom is -0.361 e. The first-order valence-electron chi connectivity index (χ1n) is 4.36. The fraction of sp³-hybridized carbons (Fsp3) is 0. The van der Waals surface area contributed by atoms with Crippen LogP contribution in [0.15, 0.2) is 30.6 Å². The monoisotopic (exact) mass is 294 g/mol. The maximum Gasteiger partial charge on any atom is 0.0862 e. The molecule has 0 spiro atoms. The number of nitrogens with one attached hydrogen (secondary N) is 1. The zero-order chi connectivity index (χ0) is 9.54. The summed E-state index contributed by atoms with van der Waals surface area (Å²) >= 11 is 2.32. The Labute approximate surface area is 95.2 Å². The number of benzene rings is 1. The van der Waals surface area contributed by atoms with Crippen molar-refractivity contribution in [3.8, 4) is 0 Å². The molecule has 0 atom stereocenters. The van der Waals surface area contributed by atoms with Crippen molar-refractivity contribution >= 4 is 45.3 Å². The van der Waals surface area contributed by atoms with Crippen molar-refractivity contribution in [1.29, 1.82) is 0 Å². The second-order valence-electron chi connectivity index (χ2n) is 3.20. The summed E-state index contributed by atoms with van der Waals surface area (Å²) in [7, 11) is 0. The van der Waals surface area contributed by atoms with E-state index in [9.17, 15) is 0 Å². The molecule has 68 valence electrons. The first kappa shape index (κ1) is 8.23. The lowest BCUT2D eigenvalue weighted by atomic mass is 10.1. The van der Waals surface area contributed by atoms with Crippen molar-refractivity contribution in [2.75, 3.05) is 5.32 Å². The van der Waals surface area contributed by atoms with Gasteiger partial charge in [0.2, 0.25) is 0 Å². The summed E-state index contributed by atoms with van der Waals surface area (Å²) in [5.74, 6) is 0. The highest BCUT2D eigenvalue weighted by molar-refractivity contribution is 14.1. The second-order valence-corrected chi connectivity index (χ2v) is 4.36. The summed E-state index contributed by atoms with van der Waals surface area (Å²) in [6.45, 7) is 0. The van der Waals surface area contributed by atoms with Crippen molar-refractivity contribution in [1.82, 2.24) is 4.98 Å². The SMILES string of the molecule is Ic1ccc2c3c(ccnc13)C=CN2. The van der Waals surface area contributed by atoms with E-state index in [1.807, 2.05) is 18.5 Å². The molecule has 0 fully saturated rings. The van der Waals surface area contributed by atoms with Gasteiger partial charge in [0, 0.05) is 27.0 Å². The molecule has 1 N–H and O–H groups in total. The molecule has 3 rings (SSSR count). The van der Waals surface area contributed by atoms with Crippen LogP contribution in [0.3, 0.4) is 0 Å². The van der Waals surface area contributed by atoms with Gasteiger partial charge in [0.25, 0.3) is 0 Å². The molecule has 1 aliphatic rings. The molecule has 0 bridgehead atoms. The van der Waals surface area contributed by atoms with Gasteiger partial charge >= 0.3 is 0 Å². The summed E-state index contributed by atoms with van der Waals surface area (Å²) in [6, 6.07) is 6.22. The molecule has 1 aliphatic heterocycles. The molecule has 2 nitrogen and oxygen atoms in total. The smallest absolute Gasteiger partial charge is 0.0862 e. The molecular weight excluding hydrogens is 287 g/mol. The molecule has 0 saturated heterocycles. The van der Waals surface area contributed by atoms with Gasteiger partial charge in [-0.2, -0.15) is 0 Å². The number of anilines is 1. The average molecular weight is 294 g/mol. The van der Waals surface area contributed by atoms with E-state index in [1.165, 1.54) is 14.5 Å². The maximum absolute atomic E-state index is 4.40. The van der Waals surface area contributed by atoms with E-state index in [-0.39, 0.29) is 0 Å². The first-order chi connectivity index (χ1) is 6.86. The van der Waals surface area contributed by atoms with Crippen LogP contribution in [0.1, 0.15) is 5.56 Å². The highest BCUT2D eigenvalue weighted by Crippen LogP contribution is 2.32. The third kappa shape index (κ3) is 1.05. The summed E-state index contributed by atoms with van der Waals surface area (Å²) in [5, 5.41) is 4.45. The Hall–Kier alpha value is -1.10. The lowest BCUT2D eigenvalue weighted by Crippen LogP contribution is -1.97. The molecule has 14 heavy (non-hydrogen) atoms. The Kier molecular flexibility index (Phi) is 1.73. The standard InChI is InChI=1S/C11H7IN2/c12-8-1-2-9-10-7(3-5-13-9)4-6-14-11(8)10/h1-6,13H. The van der Waals surface area contributed by atoms with Crippen LogP contribution in [0.5, 0.6) is 0 Å². The molecule has 0 saturated carbocycles. The Bertz CT molecular complexity index is 546. The number of hydrogen-bond acceptors (Lipinski definition) is 2. The van der Waals surface area contributed by atoms with Crippen molar-refractivity contribution in [2.45, 2.75) is 0 Å². The van der Waals surface area contributed by atoms with E-state index in [1.54, 1.807) is 0 Å². The van der Waals surface area contributed by atoms with Crippen LogP contribution in [0.2, 0.25) is 0 Å². The van der Waals surface area contributed by atoms with Gasteiger partial charge in [-0.1, -0.05) is 0 Å². The van der Waals surface area contributed by atoms with Gasteiger partial charge in [-0.25, -0.2) is 0 Å². The van der Waals surface area contributed by atoms with Crippen LogP contribution in [0.25, 0.3) is 17.0 Å². The highest BCUT2D eigenvalue weighted by atomic mass is 127. The molecular formula is C11H7IN2. The number of rotatable bonds is 0. The Balaban J connectivity index is 2.56. The number of aromatic nitrogens is 1. The molecule has 2 heterocycles. The van der Waals surface area contributed by atoms with Crippen molar-refractivity contribution in [3.05, 3.63) is 39.7 Å². The van der Waals surface area contributed by atoms with Crippen molar-refractivity contribution in [3.63, 3.8) is 0 Å². The molecule has 1 aromatic carbocycles. The molecule has 1 aromatic heterocycles. The van der Waals surface area contributed by atoms with Gasteiger partial charge in [-0.15, -0.1) is 0 Å². The van der Waals surface area contributed by atoms with E-state index < -0.39 is 0 Å². The maximum atomic E-state index is 4.40. The number of pyridine rings is 1. The molecule has 0 unspecified atom stereocenters. The fourth-order valence-electron chi connectivity index (χ4n) is 1.74. The number of hydrogen-bond donors (Lipinski definition) is 1. The second kappa shape index (κ2) is 2.95. The Morgan fingerprint density at radius 2 is 2.14 bits per heavy atom. The lowest BCUT2D eigenvalue weighted by Gasteiger charge is -2.13. The number of halogens is 1. The summed E-state index contributed by atoms with van der Waals surface area (Å²) in [6.07, 6.45) is 5.90. The van der Waals surface area contributed by atoms with E-state index in [4.69, 9.17) is 0 Å². The molecule has 2 aromatic rings. The largest absolute Gasteiger partial charge is 0.361 e. The van der Waals surface area contributed by atoms with Crippen molar-refractivity contribution < 1.29 is 0 Å². The Morgan fingerprint density at radius 1 is 1.21 bits per heavy atom. The van der Waals surface area contributed by atoms with Crippen LogP contribution in [-0.4, -0.2) is 4.98 Å². The average Bonchev–Trinajstić information content (AvgIpc) is 2.24. The van der Waals surface area contributed by atoms with E-state index >= 15 is 0 Å². The molecule has 3 heteroatoms. The summed E-state index contributed by atoms with van der Waals surface area (Å²) < 4.78 is 1.19. The molecule has 0 radical (unpaired) electrons. The van der Waals surface area contributed by atoms with Gasteiger partial charge in [0.05, 0.1) is 5.52 Å². The van der Waals surface area contributed by atoms with E-state index in [0.717, 1.165) is 11.2 Å². The minimum atomic E-state index is 1.08. The van der Waals surface area contributed by atoms with Gasteiger partial charge in [0.15, 0.2) is 0 Å². The van der Waals surface area contributed by atoms with Crippen LogP contribution in [0.4, 0.5) is 5.69 Å². The fourth-order valence-corrected chi connectivity index (χ4v) is 2.33. The highest BCUT2D eigenvalue weighted by Gasteiger charge is 2.10. The number of nitrogens with zero attached hydrogens (tertiary/aromatic N) is 1. The van der Waals surface area contributed by atoms with Gasteiger partial charge in [0.1, 0.15) is 0 Å². The van der Waals surface area contributed by atoms with Gasteiger partial charge < -0.3 is 5.32 Å². The van der Waals surface area contributed by atoms with E-state index in [0.29, 0.717) is 0 Å². The zero-order valence-corrected chi connectivity index (χ0v) is 9.45.